The highest BCUT2D eigenvalue weighted by Gasteiger charge is 2.09. The summed E-state index contributed by atoms with van der Waals surface area (Å²) in [6, 6.07) is 6.82. The first kappa shape index (κ1) is 11.6. The van der Waals surface area contributed by atoms with Crippen LogP contribution in [0, 0.1) is 0 Å². The highest BCUT2D eigenvalue weighted by Crippen LogP contribution is 2.17. The second-order valence-electron chi connectivity index (χ2n) is 2.90. The van der Waals surface area contributed by atoms with Crippen molar-refractivity contribution in [1.29, 1.82) is 0 Å². The Morgan fingerprint density at radius 2 is 1.80 bits per heavy atom. The van der Waals surface area contributed by atoms with Crippen molar-refractivity contribution < 1.29 is 14.3 Å². The number of nitrogen functional groups attached to an aromatic ring is 1. The van der Waals surface area contributed by atoms with Crippen molar-refractivity contribution in [3.8, 4) is 0 Å². The maximum atomic E-state index is 11.1. The van der Waals surface area contributed by atoms with Gasteiger partial charge in [0.2, 0.25) is 0 Å². The van der Waals surface area contributed by atoms with Crippen molar-refractivity contribution in [2.45, 2.75) is 6.29 Å². The monoisotopic (exact) mass is 210 g/mol. The van der Waals surface area contributed by atoms with Crippen LogP contribution < -0.4 is 11.3 Å². The molecule has 0 aliphatic carbocycles. The second-order valence-corrected chi connectivity index (χ2v) is 2.90. The van der Waals surface area contributed by atoms with Crippen LogP contribution in [0.25, 0.3) is 0 Å². The minimum atomic E-state index is -0.417. The van der Waals surface area contributed by atoms with Gasteiger partial charge in [-0.15, -0.1) is 0 Å². The highest BCUT2D eigenvalue weighted by molar-refractivity contribution is 5.93. The smallest absolute Gasteiger partial charge is 0.265 e. The Bertz CT molecular complexity index is 320. The number of rotatable bonds is 4. The van der Waals surface area contributed by atoms with Crippen molar-refractivity contribution in [1.82, 2.24) is 5.43 Å². The van der Waals surface area contributed by atoms with Gasteiger partial charge in [0.15, 0.2) is 6.29 Å². The summed E-state index contributed by atoms with van der Waals surface area (Å²) >= 11 is 0. The molecule has 82 valence electrons. The van der Waals surface area contributed by atoms with Gasteiger partial charge < -0.3 is 9.47 Å². The maximum Gasteiger partial charge on any atom is 0.265 e. The molecule has 1 aromatic carbocycles. The zero-order chi connectivity index (χ0) is 11.3. The van der Waals surface area contributed by atoms with Gasteiger partial charge in [-0.1, -0.05) is 12.1 Å². The molecule has 0 saturated heterocycles. The number of carbonyl (C=O) groups is 1. The van der Waals surface area contributed by atoms with Crippen LogP contribution in [0.3, 0.4) is 0 Å². The largest absolute Gasteiger partial charge is 0.352 e. The van der Waals surface area contributed by atoms with E-state index in [1.165, 1.54) is 0 Å². The van der Waals surface area contributed by atoms with Gasteiger partial charge in [0.25, 0.3) is 5.91 Å². The normalized spacial score (nSPS) is 10.4. The molecule has 0 aliphatic heterocycles. The zero-order valence-corrected chi connectivity index (χ0v) is 8.69. The van der Waals surface area contributed by atoms with Crippen molar-refractivity contribution in [2.24, 2.45) is 5.84 Å². The molecular weight excluding hydrogens is 196 g/mol. The molecule has 0 spiro atoms. The van der Waals surface area contributed by atoms with Crippen LogP contribution in [-0.2, 0) is 9.47 Å². The van der Waals surface area contributed by atoms with E-state index < -0.39 is 6.29 Å². The van der Waals surface area contributed by atoms with Gasteiger partial charge in [0.05, 0.1) is 0 Å². The Morgan fingerprint density at radius 1 is 1.27 bits per heavy atom. The summed E-state index contributed by atoms with van der Waals surface area (Å²) in [5, 5.41) is 0. The average Bonchev–Trinajstić information content (AvgIpc) is 2.30. The van der Waals surface area contributed by atoms with Crippen molar-refractivity contribution >= 4 is 5.91 Å². The predicted molar refractivity (Wildman–Crippen MR) is 54.9 cm³/mol. The number of nitrogens with one attached hydrogen (secondary N) is 1. The third-order valence-electron chi connectivity index (χ3n) is 2.00. The Labute approximate surface area is 88.1 Å². The fourth-order valence-corrected chi connectivity index (χ4v) is 1.24. The molecule has 1 aromatic rings. The summed E-state index contributed by atoms with van der Waals surface area (Å²) in [5.74, 6) is 4.68. The number of hydrogen-bond acceptors (Lipinski definition) is 4. The molecule has 0 unspecified atom stereocenters. The molecule has 0 aliphatic rings. The average molecular weight is 210 g/mol. The molecule has 3 N–H and O–H groups in total. The first-order valence-corrected chi connectivity index (χ1v) is 4.39. The molecule has 5 heteroatoms. The quantitative estimate of drug-likeness (QED) is 0.330. The fourth-order valence-electron chi connectivity index (χ4n) is 1.24. The van der Waals surface area contributed by atoms with Crippen LogP contribution >= 0.6 is 0 Å². The molecule has 0 fully saturated rings. The summed E-state index contributed by atoms with van der Waals surface area (Å²) in [5.41, 5.74) is 3.39. The SMILES string of the molecule is COC(OC)c1ccc(C(=O)NN)cc1. The standard InChI is InChI=1S/C10H14N2O3/c1-14-10(15-2)8-5-3-7(4-6-8)9(13)12-11/h3-6,10H,11H2,1-2H3,(H,12,13). The highest BCUT2D eigenvalue weighted by atomic mass is 16.7. The molecule has 15 heavy (non-hydrogen) atoms. The lowest BCUT2D eigenvalue weighted by molar-refractivity contribution is -0.106. The lowest BCUT2D eigenvalue weighted by Crippen LogP contribution is -2.29. The van der Waals surface area contributed by atoms with Crippen molar-refractivity contribution in [3.63, 3.8) is 0 Å². The van der Waals surface area contributed by atoms with Crippen LogP contribution in [0.15, 0.2) is 24.3 Å². The van der Waals surface area contributed by atoms with E-state index in [0.717, 1.165) is 5.56 Å². The topological polar surface area (TPSA) is 73.6 Å². The lowest BCUT2D eigenvalue weighted by atomic mass is 10.1. The molecule has 0 radical (unpaired) electrons. The lowest BCUT2D eigenvalue weighted by Gasteiger charge is -2.13. The molecule has 0 heterocycles. The van der Waals surface area contributed by atoms with Gasteiger partial charge in [0, 0.05) is 25.3 Å². The first-order valence-electron chi connectivity index (χ1n) is 4.39. The predicted octanol–water partition coefficient (Wildman–Crippen LogP) is 0.581. The third-order valence-corrected chi connectivity index (χ3v) is 2.00. The van der Waals surface area contributed by atoms with Gasteiger partial charge in [-0.05, 0) is 12.1 Å². The number of amides is 1. The number of nitrogens with two attached hydrogens (primary N) is 1. The molecular formula is C10H14N2O3. The molecule has 1 amide bonds. The molecule has 0 aromatic heterocycles. The molecule has 1 rings (SSSR count). The van der Waals surface area contributed by atoms with Crippen molar-refractivity contribution in [2.75, 3.05) is 14.2 Å². The van der Waals surface area contributed by atoms with E-state index in [9.17, 15) is 4.79 Å². The molecule has 0 atom stereocenters. The maximum absolute atomic E-state index is 11.1. The van der Waals surface area contributed by atoms with E-state index in [4.69, 9.17) is 15.3 Å². The van der Waals surface area contributed by atoms with Gasteiger partial charge in [-0.2, -0.15) is 0 Å². The van der Waals surface area contributed by atoms with Crippen LogP contribution in [0.4, 0.5) is 0 Å². The minimum Gasteiger partial charge on any atom is -0.352 e. The number of hydrazine groups is 1. The molecule has 0 saturated carbocycles. The number of hydrogen-bond donors (Lipinski definition) is 2. The van der Waals surface area contributed by atoms with E-state index in [-0.39, 0.29) is 5.91 Å². The first-order chi connectivity index (χ1) is 7.22. The second kappa shape index (κ2) is 5.45. The zero-order valence-electron chi connectivity index (χ0n) is 8.69. The molecule has 5 nitrogen and oxygen atoms in total. The fraction of sp³-hybridized carbons (Fsp3) is 0.300. The van der Waals surface area contributed by atoms with E-state index in [1.807, 2.05) is 0 Å². The number of carbonyl (C=O) groups excluding carboxylic acids is 1. The summed E-state index contributed by atoms with van der Waals surface area (Å²) in [6.45, 7) is 0. The van der Waals surface area contributed by atoms with Gasteiger partial charge in [-0.3, -0.25) is 10.2 Å². The van der Waals surface area contributed by atoms with Gasteiger partial charge >= 0.3 is 0 Å². The van der Waals surface area contributed by atoms with Crippen LogP contribution in [0.1, 0.15) is 22.2 Å². The third kappa shape index (κ3) is 2.76. The van der Waals surface area contributed by atoms with Crippen LogP contribution in [0.5, 0.6) is 0 Å². The Balaban J connectivity index is 2.84. The van der Waals surface area contributed by atoms with E-state index in [1.54, 1.807) is 38.5 Å². The number of methoxy groups -OCH3 is 2. The van der Waals surface area contributed by atoms with Crippen LogP contribution in [0.2, 0.25) is 0 Å². The van der Waals surface area contributed by atoms with E-state index in [0.29, 0.717) is 5.56 Å². The Kier molecular flexibility index (Phi) is 4.23. The number of ether oxygens (including phenoxy) is 2. The summed E-state index contributed by atoms with van der Waals surface area (Å²) in [4.78, 5) is 11.1. The van der Waals surface area contributed by atoms with Gasteiger partial charge in [0.1, 0.15) is 0 Å². The van der Waals surface area contributed by atoms with Gasteiger partial charge in [-0.25, -0.2) is 5.84 Å². The Morgan fingerprint density at radius 3 is 2.20 bits per heavy atom. The van der Waals surface area contributed by atoms with E-state index in [2.05, 4.69) is 5.43 Å². The van der Waals surface area contributed by atoms with E-state index >= 15 is 0 Å². The summed E-state index contributed by atoms with van der Waals surface area (Å²) < 4.78 is 10.1. The molecule has 0 bridgehead atoms. The summed E-state index contributed by atoms with van der Waals surface area (Å²) in [6.07, 6.45) is -0.417. The minimum absolute atomic E-state index is 0.326. The Hall–Kier alpha value is -1.43. The number of benzene rings is 1. The summed E-state index contributed by atoms with van der Waals surface area (Å²) in [7, 11) is 3.10. The van der Waals surface area contributed by atoms with Crippen molar-refractivity contribution in [3.05, 3.63) is 35.4 Å². The van der Waals surface area contributed by atoms with Crippen LogP contribution in [-0.4, -0.2) is 20.1 Å².